The number of pyridine rings is 1. The van der Waals surface area contributed by atoms with E-state index in [1.807, 2.05) is 6.07 Å². The average Bonchev–Trinajstić information content (AvgIpc) is 2.43. The Morgan fingerprint density at radius 1 is 1.21 bits per heavy atom. The van der Waals surface area contributed by atoms with E-state index in [9.17, 15) is 0 Å². The Morgan fingerprint density at radius 3 is 2.84 bits per heavy atom. The Morgan fingerprint density at radius 2 is 2.05 bits per heavy atom. The third-order valence-electron chi connectivity index (χ3n) is 2.11. The first kappa shape index (κ1) is 15.4. The minimum absolute atomic E-state index is 0.0649. The molecule has 0 amide bonds. The minimum atomic E-state index is 0.0649. The number of hydrogen-bond acceptors (Lipinski definition) is 5. The molecule has 0 fully saturated rings. The third kappa shape index (κ3) is 7.42. The smallest absolute Gasteiger partial charge is 0.138 e. The fourth-order valence-electron chi connectivity index (χ4n) is 1.25. The molecule has 0 unspecified atom stereocenters. The monoisotopic (exact) mass is 265 g/mol. The Hall–Kier alpha value is -1.61. The molecular formula is C14H19NO4. The van der Waals surface area contributed by atoms with Crippen molar-refractivity contribution in [1.82, 2.24) is 4.98 Å². The van der Waals surface area contributed by atoms with Gasteiger partial charge in [0.15, 0.2) is 0 Å². The molecule has 1 heterocycles. The minimum Gasteiger partial charge on any atom is -0.490 e. The topological polar surface area (TPSA) is 60.8 Å². The van der Waals surface area contributed by atoms with Crippen LogP contribution in [0.1, 0.15) is 12.0 Å². The fourth-order valence-corrected chi connectivity index (χ4v) is 1.25. The summed E-state index contributed by atoms with van der Waals surface area (Å²) in [6, 6.07) is 1.81. The molecule has 0 saturated carbocycles. The largest absolute Gasteiger partial charge is 0.490 e. The molecule has 1 aromatic rings. The van der Waals surface area contributed by atoms with Gasteiger partial charge >= 0.3 is 0 Å². The summed E-state index contributed by atoms with van der Waals surface area (Å²) in [4.78, 5) is 4.04. The summed E-state index contributed by atoms with van der Waals surface area (Å²) in [7, 11) is 1.63. The maximum absolute atomic E-state index is 8.64. The van der Waals surface area contributed by atoms with E-state index in [-0.39, 0.29) is 6.61 Å². The van der Waals surface area contributed by atoms with Gasteiger partial charge in [0.1, 0.15) is 12.4 Å². The van der Waals surface area contributed by atoms with Gasteiger partial charge < -0.3 is 19.3 Å². The number of methoxy groups -OCH3 is 1. The van der Waals surface area contributed by atoms with Gasteiger partial charge in [0.25, 0.3) is 0 Å². The van der Waals surface area contributed by atoms with Crippen molar-refractivity contribution in [3.05, 3.63) is 24.0 Å². The summed E-state index contributed by atoms with van der Waals surface area (Å²) in [5.74, 6) is 6.40. The van der Waals surface area contributed by atoms with Crippen molar-refractivity contribution < 1.29 is 19.3 Å². The molecule has 0 atom stereocenters. The summed E-state index contributed by atoms with van der Waals surface area (Å²) in [6.45, 7) is 2.17. The van der Waals surface area contributed by atoms with Crippen LogP contribution >= 0.6 is 0 Å². The number of hydrogen-bond donors (Lipinski definition) is 1. The predicted molar refractivity (Wildman–Crippen MR) is 71.0 cm³/mol. The van der Waals surface area contributed by atoms with Crippen LogP contribution in [0.4, 0.5) is 0 Å². The van der Waals surface area contributed by atoms with Gasteiger partial charge in [0.2, 0.25) is 0 Å². The first-order valence-corrected chi connectivity index (χ1v) is 6.11. The van der Waals surface area contributed by atoms with Crippen LogP contribution in [-0.4, -0.2) is 50.2 Å². The molecule has 5 nitrogen and oxygen atoms in total. The van der Waals surface area contributed by atoms with Gasteiger partial charge in [-0.2, -0.15) is 0 Å². The summed E-state index contributed by atoms with van der Waals surface area (Å²) in [5, 5.41) is 8.64. The molecule has 0 saturated heterocycles. The van der Waals surface area contributed by atoms with Crippen LogP contribution in [0.15, 0.2) is 18.5 Å². The second-order valence-electron chi connectivity index (χ2n) is 3.64. The highest BCUT2D eigenvalue weighted by molar-refractivity contribution is 5.36. The lowest BCUT2D eigenvalue weighted by Gasteiger charge is -2.06. The van der Waals surface area contributed by atoms with Crippen LogP contribution in [0.3, 0.4) is 0 Å². The molecule has 0 aromatic carbocycles. The van der Waals surface area contributed by atoms with E-state index in [1.165, 1.54) is 0 Å². The molecule has 0 bridgehead atoms. The van der Waals surface area contributed by atoms with E-state index < -0.39 is 0 Å². The number of aliphatic hydroxyl groups is 1. The second kappa shape index (κ2) is 10.3. The molecule has 19 heavy (non-hydrogen) atoms. The van der Waals surface area contributed by atoms with Gasteiger partial charge in [0.05, 0.1) is 32.6 Å². The molecule has 0 aliphatic heterocycles. The summed E-state index contributed by atoms with van der Waals surface area (Å²) < 4.78 is 15.6. The van der Waals surface area contributed by atoms with Crippen LogP contribution in [0, 0.1) is 11.8 Å². The van der Waals surface area contributed by atoms with Gasteiger partial charge in [0, 0.05) is 25.3 Å². The van der Waals surface area contributed by atoms with Crippen LogP contribution in [0.5, 0.6) is 5.75 Å². The SMILES string of the molecule is COCCOCCOc1cncc(C#CCCO)c1. The van der Waals surface area contributed by atoms with E-state index >= 15 is 0 Å². The van der Waals surface area contributed by atoms with Gasteiger partial charge in [-0.05, 0) is 6.07 Å². The van der Waals surface area contributed by atoms with Crippen LogP contribution < -0.4 is 4.74 Å². The van der Waals surface area contributed by atoms with Gasteiger partial charge in [-0.3, -0.25) is 4.98 Å². The molecule has 0 radical (unpaired) electrons. The third-order valence-corrected chi connectivity index (χ3v) is 2.11. The van der Waals surface area contributed by atoms with Gasteiger partial charge in [-0.1, -0.05) is 11.8 Å². The zero-order valence-electron chi connectivity index (χ0n) is 11.1. The maximum Gasteiger partial charge on any atom is 0.138 e. The Labute approximate surface area is 113 Å². The predicted octanol–water partition coefficient (Wildman–Crippen LogP) is 0.857. The molecule has 0 aliphatic rings. The number of ether oxygens (including phenoxy) is 3. The maximum atomic E-state index is 8.64. The van der Waals surface area contributed by atoms with Crippen LogP contribution in [0.25, 0.3) is 0 Å². The molecular weight excluding hydrogens is 246 g/mol. The van der Waals surface area contributed by atoms with Crippen LogP contribution in [-0.2, 0) is 9.47 Å². The summed E-state index contributed by atoms with van der Waals surface area (Å²) in [6.07, 6.45) is 3.75. The molecule has 5 heteroatoms. The lowest BCUT2D eigenvalue weighted by Crippen LogP contribution is -2.10. The number of nitrogens with zero attached hydrogens (tertiary/aromatic N) is 1. The van der Waals surface area contributed by atoms with E-state index in [4.69, 9.17) is 19.3 Å². The van der Waals surface area contributed by atoms with Gasteiger partial charge in [-0.25, -0.2) is 0 Å². The van der Waals surface area contributed by atoms with E-state index in [1.54, 1.807) is 19.5 Å². The normalized spacial score (nSPS) is 9.79. The van der Waals surface area contributed by atoms with Crippen molar-refractivity contribution in [3.63, 3.8) is 0 Å². The highest BCUT2D eigenvalue weighted by Crippen LogP contribution is 2.10. The fraction of sp³-hybridized carbons (Fsp3) is 0.500. The molecule has 1 N–H and O–H groups in total. The average molecular weight is 265 g/mol. The number of aromatic nitrogens is 1. The second-order valence-corrected chi connectivity index (χ2v) is 3.64. The Kier molecular flexibility index (Phi) is 8.39. The first-order valence-electron chi connectivity index (χ1n) is 6.11. The molecule has 1 rings (SSSR count). The van der Waals surface area contributed by atoms with Gasteiger partial charge in [-0.15, -0.1) is 0 Å². The highest BCUT2D eigenvalue weighted by atomic mass is 16.5. The Bertz CT molecular complexity index is 411. The quantitative estimate of drug-likeness (QED) is 0.558. The lowest BCUT2D eigenvalue weighted by atomic mass is 10.2. The summed E-state index contributed by atoms with van der Waals surface area (Å²) >= 11 is 0. The number of aliphatic hydroxyl groups excluding tert-OH is 1. The van der Waals surface area contributed by atoms with Crippen molar-refractivity contribution in [1.29, 1.82) is 0 Å². The molecule has 0 aliphatic carbocycles. The summed E-state index contributed by atoms with van der Waals surface area (Å²) in [5.41, 5.74) is 0.770. The van der Waals surface area contributed by atoms with Crippen molar-refractivity contribution in [2.24, 2.45) is 0 Å². The Balaban J connectivity index is 2.30. The standard InChI is InChI=1S/C14H19NO4/c1-17-6-7-18-8-9-19-14-10-13(11-15-12-14)4-2-3-5-16/h10-12,16H,3,5-9H2,1H3. The van der Waals surface area contributed by atoms with E-state index in [2.05, 4.69) is 16.8 Å². The van der Waals surface area contributed by atoms with Crippen molar-refractivity contribution in [3.8, 4) is 17.6 Å². The molecule has 0 spiro atoms. The first-order chi connectivity index (χ1) is 9.36. The van der Waals surface area contributed by atoms with Crippen molar-refractivity contribution >= 4 is 0 Å². The zero-order chi connectivity index (χ0) is 13.8. The van der Waals surface area contributed by atoms with E-state index in [0.29, 0.717) is 38.6 Å². The van der Waals surface area contributed by atoms with E-state index in [0.717, 1.165) is 5.56 Å². The van der Waals surface area contributed by atoms with Crippen LogP contribution in [0.2, 0.25) is 0 Å². The highest BCUT2D eigenvalue weighted by Gasteiger charge is 1.96. The zero-order valence-corrected chi connectivity index (χ0v) is 11.1. The molecule has 1 aromatic heterocycles. The van der Waals surface area contributed by atoms with Crippen molar-refractivity contribution in [2.75, 3.05) is 40.1 Å². The van der Waals surface area contributed by atoms with Crippen molar-refractivity contribution in [2.45, 2.75) is 6.42 Å². The lowest BCUT2D eigenvalue weighted by molar-refractivity contribution is 0.0543. The molecule has 104 valence electrons. The number of rotatable bonds is 8.